The van der Waals surface area contributed by atoms with Gasteiger partial charge >= 0.3 is 6.03 Å². The number of benzene rings is 2. The number of urea groups is 1. The van der Waals surface area contributed by atoms with Gasteiger partial charge in [-0.2, -0.15) is 0 Å². The number of anilines is 1. The third-order valence-corrected chi connectivity index (χ3v) is 3.37. The van der Waals surface area contributed by atoms with E-state index in [1.54, 1.807) is 0 Å². The van der Waals surface area contributed by atoms with Crippen LogP contribution in [-0.4, -0.2) is 6.03 Å². The summed E-state index contributed by atoms with van der Waals surface area (Å²) in [5.41, 5.74) is 2.81. The van der Waals surface area contributed by atoms with Crippen LogP contribution in [-0.2, 0) is 0 Å². The molecule has 0 aliphatic carbocycles. The van der Waals surface area contributed by atoms with Gasteiger partial charge < -0.3 is 10.6 Å². The Bertz CT molecular complexity index is 596. The molecule has 0 radical (unpaired) electrons. The first-order chi connectivity index (χ1) is 9.56. The molecule has 0 aliphatic rings. The molecule has 0 saturated carbocycles. The number of nitrogens with one attached hydrogen (secondary N) is 2. The normalized spacial score (nSPS) is 11.8. The van der Waals surface area contributed by atoms with Crippen LogP contribution in [0.5, 0.6) is 0 Å². The molecule has 0 fully saturated rings. The van der Waals surface area contributed by atoms with Crippen LogP contribution >= 0.6 is 11.6 Å². The molecule has 2 rings (SSSR count). The number of hydrogen-bond donors (Lipinski definition) is 2. The molecular formula is C16H17ClN2O. The van der Waals surface area contributed by atoms with E-state index in [0.717, 1.165) is 16.8 Å². The van der Waals surface area contributed by atoms with Gasteiger partial charge in [0, 0.05) is 10.7 Å². The first-order valence-corrected chi connectivity index (χ1v) is 6.82. The number of amides is 2. The van der Waals surface area contributed by atoms with Gasteiger partial charge in [0.05, 0.1) is 6.04 Å². The van der Waals surface area contributed by atoms with E-state index in [9.17, 15) is 4.79 Å². The highest BCUT2D eigenvalue weighted by Crippen LogP contribution is 2.22. The van der Waals surface area contributed by atoms with Crippen LogP contribution in [0.2, 0.25) is 5.02 Å². The Morgan fingerprint density at radius 1 is 1.10 bits per heavy atom. The summed E-state index contributed by atoms with van der Waals surface area (Å²) in [6.45, 7) is 3.90. The van der Waals surface area contributed by atoms with E-state index in [-0.39, 0.29) is 12.1 Å². The van der Waals surface area contributed by atoms with E-state index in [4.69, 9.17) is 11.6 Å². The molecule has 1 atom stereocenters. The molecule has 4 heteroatoms. The van der Waals surface area contributed by atoms with Crippen LogP contribution in [0.1, 0.15) is 24.1 Å². The van der Waals surface area contributed by atoms with Crippen molar-refractivity contribution in [3.63, 3.8) is 0 Å². The molecular weight excluding hydrogens is 272 g/mol. The summed E-state index contributed by atoms with van der Waals surface area (Å²) in [6.07, 6.45) is 0. The lowest BCUT2D eigenvalue weighted by Crippen LogP contribution is -2.31. The summed E-state index contributed by atoms with van der Waals surface area (Å²) in [6, 6.07) is 14.7. The van der Waals surface area contributed by atoms with Gasteiger partial charge in [-0.25, -0.2) is 4.79 Å². The molecule has 2 N–H and O–H groups in total. The van der Waals surface area contributed by atoms with E-state index >= 15 is 0 Å². The molecule has 0 aromatic heterocycles. The summed E-state index contributed by atoms with van der Waals surface area (Å²) >= 11 is 6.11. The van der Waals surface area contributed by atoms with Crippen LogP contribution in [0, 0.1) is 6.92 Å². The molecule has 0 heterocycles. The van der Waals surface area contributed by atoms with E-state index < -0.39 is 0 Å². The fourth-order valence-electron chi connectivity index (χ4n) is 1.90. The number of rotatable bonds is 3. The summed E-state index contributed by atoms with van der Waals surface area (Å²) < 4.78 is 0. The molecule has 104 valence electrons. The topological polar surface area (TPSA) is 41.1 Å². The second-order valence-electron chi connectivity index (χ2n) is 4.71. The molecule has 3 nitrogen and oxygen atoms in total. The average molecular weight is 289 g/mol. The van der Waals surface area contributed by atoms with Gasteiger partial charge in [-0.15, -0.1) is 0 Å². The van der Waals surface area contributed by atoms with E-state index in [0.29, 0.717) is 5.02 Å². The SMILES string of the molecule is Cc1ccc(NC(=O)NC(C)c2ccccc2Cl)cc1. The van der Waals surface area contributed by atoms with Crippen LogP contribution in [0.4, 0.5) is 10.5 Å². The fraction of sp³-hybridized carbons (Fsp3) is 0.188. The van der Waals surface area contributed by atoms with E-state index in [1.165, 1.54) is 0 Å². The lowest BCUT2D eigenvalue weighted by molar-refractivity contribution is 0.249. The maximum absolute atomic E-state index is 11.9. The second-order valence-corrected chi connectivity index (χ2v) is 5.11. The molecule has 0 aliphatic heterocycles. The van der Waals surface area contributed by atoms with Crippen molar-refractivity contribution < 1.29 is 4.79 Å². The molecule has 0 saturated heterocycles. The Kier molecular flexibility index (Phi) is 4.64. The minimum absolute atomic E-state index is 0.158. The Hall–Kier alpha value is -2.00. The second kappa shape index (κ2) is 6.44. The highest BCUT2D eigenvalue weighted by atomic mass is 35.5. The summed E-state index contributed by atoms with van der Waals surface area (Å²) in [5, 5.41) is 6.31. The number of hydrogen-bond acceptors (Lipinski definition) is 1. The number of carbonyl (C=O) groups is 1. The van der Waals surface area contributed by atoms with Crippen molar-refractivity contribution in [3.05, 3.63) is 64.7 Å². The Morgan fingerprint density at radius 2 is 1.75 bits per heavy atom. The quantitative estimate of drug-likeness (QED) is 0.856. The lowest BCUT2D eigenvalue weighted by Gasteiger charge is -2.16. The van der Waals surface area contributed by atoms with Gasteiger partial charge in [0.15, 0.2) is 0 Å². The van der Waals surface area contributed by atoms with Gasteiger partial charge in [0.25, 0.3) is 0 Å². The molecule has 1 unspecified atom stereocenters. The smallest absolute Gasteiger partial charge is 0.319 e. The molecule has 2 amide bonds. The van der Waals surface area contributed by atoms with Crippen molar-refractivity contribution in [1.82, 2.24) is 5.32 Å². The molecule has 20 heavy (non-hydrogen) atoms. The number of carbonyl (C=O) groups excluding carboxylic acids is 1. The Labute approximate surface area is 124 Å². The fourth-order valence-corrected chi connectivity index (χ4v) is 2.20. The zero-order chi connectivity index (χ0) is 14.5. The zero-order valence-corrected chi connectivity index (χ0v) is 12.2. The van der Waals surface area contributed by atoms with Crippen molar-refractivity contribution in [1.29, 1.82) is 0 Å². The number of halogens is 1. The molecule has 0 bridgehead atoms. The van der Waals surface area contributed by atoms with Gasteiger partial charge in [0.1, 0.15) is 0 Å². The van der Waals surface area contributed by atoms with Crippen LogP contribution in [0.3, 0.4) is 0 Å². The maximum atomic E-state index is 11.9. The minimum Gasteiger partial charge on any atom is -0.331 e. The third kappa shape index (κ3) is 3.75. The minimum atomic E-state index is -0.249. The van der Waals surface area contributed by atoms with Crippen molar-refractivity contribution in [2.45, 2.75) is 19.9 Å². The van der Waals surface area contributed by atoms with Crippen LogP contribution < -0.4 is 10.6 Å². The third-order valence-electron chi connectivity index (χ3n) is 3.03. The zero-order valence-electron chi connectivity index (χ0n) is 11.5. The van der Waals surface area contributed by atoms with Crippen molar-refractivity contribution >= 4 is 23.3 Å². The predicted octanol–water partition coefficient (Wildman–Crippen LogP) is 4.53. The van der Waals surface area contributed by atoms with Gasteiger partial charge in [0.2, 0.25) is 0 Å². The molecule has 2 aromatic carbocycles. The molecule has 0 spiro atoms. The maximum Gasteiger partial charge on any atom is 0.319 e. The number of aryl methyl sites for hydroxylation is 1. The van der Waals surface area contributed by atoms with E-state index in [1.807, 2.05) is 62.4 Å². The van der Waals surface area contributed by atoms with Crippen molar-refractivity contribution in [3.8, 4) is 0 Å². The summed E-state index contributed by atoms with van der Waals surface area (Å²) in [4.78, 5) is 11.9. The average Bonchev–Trinajstić information content (AvgIpc) is 2.41. The molecule has 2 aromatic rings. The first kappa shape index (κ1) is 14.4. The largest absolute Gasteiger partial charge is 0.331 e. The Balaban J connectivity index is 1.98. The van der Waals surface area contributed by atoms with Gasteiger partial charge in [-0.3, -0.25) is 0 Å². The van der Waals surface area contributed by atoms with Crippen LogP contribution in [0.15, 0.2) is 48.5 Å². The van der Waals surface area contributed by atoms with Crippen molar-refractivity contribution in [2.75, 3.05) is 5.32 Å². The van der Waals surface area contributed by atoms with Gasteiger partial charge in [-0.05, 0) is 37.6 Å². The summed E-state index contributed by atoms with van der Waals surface area (Å²) in [5.74, 6) is 0. The van der Waals surface area contributed by atoms with Crippen LogP contribution in [0.25, 0.3) is 0 Å². The predicted molar refractivity (Wildman–Crippen MR) is 83.2 cm³/mol. The van der Waals surface area contributed by atoms with Crippen molar-refractivity contribution in [2.24, 2.45) is 0 Å². The highest BCUT2D eigenvalue weighted by molar-refractivity contribution is 6.31. The standard InChI is InChI=1S/C16H17ClN2O/c1-11-7-9-13(10-8-11)19-16(20)18-12(2)14-5-3-4-6-15(14)17/h3-10,12H,1-2H3,(H2,18,19,20). The van der Waals surface area contributed by atoms with E-state index in [2.05, 4.69) is 10.6 Å². The van der Waals surface area contributed by atoms with Gasteiger partial charge in [-0.1, -0.05) is 47.5 Å². The first-order valence-electron chi connectivity index (χ1n) is 6.45. The highest BCUT2D eigenvalue weighted by Gasteiger charge is 2.11. The lowest BCUT2D eigenvalue weighted by atomic mass is 10.1. The monoisotopic (exact) mass is 288 g/mol. The Morgan fingerprint density at radius 3 is 2.40 bits per heavy atom. The summed E-state index contributed by atoms with van der Waals surface area (Å²) in [7, 11) is 0.